The minimum atomic E-state index is -0.289. The lowest BCUT2D eigenvalue weighted by Gasteiger charge is -2.33. The highest BCUT2D eigenvalue weighted by molar-refractivity contribution is 5.88. The van der Waals surface area contributed by atoms with Gasteiger partial charge in [-0.15, -0.1) is 0 Å². The van der Waals surface area contributed by atoms with Crippen molar-refractivity contribution in [1.29, 1.82) is 0 Å². The van der Waals surface area contributed by atoms with E-state index in [0.29, 0.717) is 24.9 Å². The zero-order valence-corrected chi connectivity index (χ0v) is 13.1. The van der Waals surface area contributed by atoms with Gasteiger partial charge < -0.3 is 10.0 Å². The van der Waals surface area contributed by atoms with Crippen LogP contribution in [0.1, 0.15) is 33.6 Å². The Balaban J connectivity index is 1.89. The monoisotopic (exact) mass is 294 g/mol. The quantitative estimate of drug-likeness (QED) is 0.894. The zero-order valence-electron chi connectivity index (χ0n) is 13.1. The Kier molecular flexibility index (Phi) is 5.22. The number of carbonyl (C=O) groups excluding carboxylic acids is 1. The number of nitrogens with zero attached hydrogens (tertiary/aromatic N) is 3. The van der Waals surface area contributed by atoms with Crippen LogP contribution in [0.3, 0.4) is 0 Å². The molecule has 0 radical (unpaired) electrons. The number of likely N-dealkylation sites (tertiary alicyclic amines) is 1. The lowest BCUT2D eigenvalue weighted by molar-refractivity contribution is 0.0820. The van der Waals surface area contributed by atoms with Crippen LogP contribution in [0.4, 0.5) is 10.6 Å². The zero-order chi connectivity index (χ0) is 15.4. The number of aliphatic hydroxyl groups excluding tert-OH is 1. The molecule has 1 aromatic rings. The topological polar surface area (TPSA) is 70.4 Å². The molecule has 1 saturated heterocycles. The van der Waals surface area contributed by atoms with Gasteiger partial charge in [-0.3, -0.25) is 5.32 Å². The first-order chi connectivity index (χ1) is 9.97. The van der Waals surface area contributed by atoms with Gasteiger partial charge in [0, 0.05) is 25.7 Å². The van der Waals surface area contributed by atoms with Crippen LogP contribution >= 0.6 is 0 Å². The molecule has 1 unspecified atom stereocenters. The van der Waals surface area contributed by atoms with Gasteiger partial charge in [-0.25, -0.2) is 9.48 Å². The van der Waals surface area contributed by atoms with Crippen molar-refractivity contribution in [1.82, 2.24) is 14.7 Å². The standard InChI is InChI=1S/C15H26N4O2/c1-11(2)10-19-14(4-7-16-19)17-15(21)18-8-5-13(6-9-18)12(3)20/h4,7,11-13,20H,5-6,8-10H2,1-3H3,(H,17,21). The minimum Gasteiger partial charge on any atom is -0.393 e. The van der Waals surface area contributed by atoms with Crippen molar-refractivity contribution in [2.75, 3.05) is 18.4 Å². The summed E-state index contributed by atoms with van der Waals surface area (Å²) < 4.78 is 1.82. The fourth-order valence-corrected chi connectivity index (χ4v) is 2.70. The Hall–Kier alpha value is -1.56. The van der Waals surface area contributed by atoms with E-state index in [1.165, 1.54) is 0 Å². The van der Waals surface area contributed by atoms with Crippen molar-refractivity contribution < 1.29 is 9.90 Å². The molecule has 21 heavy (non-hydrogen) atoms. The number of anilines is 1. The minimum absolute atomic E-state index is 0.0791. The largest absolute Gasteiger partial charge is 0.393 e. The van der Waals surface area contributed by atoms with Gasteiger partial charge >= 0.3 is 6.03 Å². The van der Waals surface area contributed by atoms with Gasteiger partial charge in [0.15, 0.2) is 0 Å². The molecule has 2 N–H and O–H groups in total. The van der Waals surface area contributed by atoms with E-state index in [2.05, 4.69) is 24.3 Å². The number of rotatable bonds is 4. The van der Waals surface area contributed by atoms with Gasteiger partial charge in [0.2, 0.25) is 0 Å². The van der Waals surface area contributed by atoms with Crippen molar-refractivity contribution in [2.45, 2.75) is 46.3 Å². The Morgan fingerprint density at radius 1 is 1.43 bits per heavy atom. The van der Waals surface area contributed by atoms with Crippen LogP contribution in [0.2, 0.25) is 0 Å². The van der Waals surface area contributed by atoms with Gasteiger partial charge in [0.25, 0.3) is 0 Å². The molecular weight excluding hydrogens is 268 g/mol. The number of aromatic nitrogens is 2. The smallest absolute Gasteiger partial charge is 0.322 e. The Morgan fingerprint density at radius 2 is 2.10 bits per heavy atom. The molecular formula is C15H26N4O2. The first kappa shape index (κ1) is 15.8. The second kappa shape index (κ2) is 6.93. The number of aliphatic hydroxyl groups is 1. The van der Waals surface area contributed by atoms with E-state index in [4.69, 9.17) is 0 Å². The molecule has 1 aliphatic rings. The Bertz CT molecular complexity index is 462. The number of hydrogen-bond donors (Lipinski definition) is 2. The molecule has 0 bridgehead atoms. The molecule has 1 atom stereocenters. The molecule has 6 heteroatoms. The van der Waals surface area contributed by atoms with Crippen molar-refractivity contribution >= 4 is 11.8 Å². The molecule has 1 aromatic heterocycles. The molecule has 0 spiro atoms. The van der Waals surface area contributed by atoms with Crippen LogP contribution in [-0.4, -0.2) is 45.0 Å². The molecule has 0 aliphatic carbocycles. The molecule has 2 rings (SSSR count). The van der Waals surface area contributed by atoms with Gasteiger partial charge in [-0.2, -0.15) is 5.10 Å². The van der Waals surface area contributed by atoms with E-state index in [9.17, 15) is 9.90 Å². The SMILES string of the molecule is CC(C)Cn1nccc1NC(=O)N1CCC(C(C)O)CC1. The molecule has 2 amide bonds. The number of nitrogens with one attached hydrogen (secondary N) is 1. The predicted octanol–water partition coefficient (Wildman–Crippen LogP) is 2.16. The summed E-state index contributed by atoms with van der Waals surface area (Å²) in [5.41, 5.74) is 0. The highest BCUT2D eigenvalue weighted by Gasteiger charge is 2.25. The van der Waals surface area contributed by atoms with Gasteiger partial charge in [-0.1, -0.05) is 13.8 Å². The highest BCUT2D eigenvalue weighted by Crippen LogP contribution is 2.21. The van der Waals surface area contributed by atoms with E-state index >= 15 is 0 Å². The summed E-state index contributed by atoms with van der Waals surface area (Å²) in [4.78, 5) is 14.1. The number of piperidine rings is 1. The summed E-state index contributed by atoms with van der Waals surface area (Å²) in [6, 6.07) is 1.74. The van der Waals surface area contributed by atoms with Crippen LogP contribution in [0.5, 0.6) is 0 Å². The summed E-state index contributed by atoms with van der Waals surface area (Å²) in [5.74, 6) is 1.52. The fourth-order valence-electron chi connectivity index (χ4n) is 2.70. The Morgan fingerprint density at radius 3 is 2.67 bits per heavy atom. The summed E-state index contributed by atoms with van der Waals surface area (Å²) in [7, 11) is 0. The molecule has 6 nitrogen and oxygen atoms in total. The third-order valence-electron chi connectivity index (χ3n) is 4.00. The average Bonchev–Trinajstić information content (AvgIpc) is 2.85. The fraction of sp³-hybridized carbons (Fsp3) is 0.733. The van der Waals surface area contributed by atoms with E-state index in [0.717, 1.165) is 25.2 Å². The number of urea groups is 1. The van der Waals surface area contributed by atoms with Crippen LogP contribution < -0.4 is 5.32 Å². The highest BCUT2D eigenvalue weighted by atomic mass is 16.3. The Labute approximate surface area is 126 Å². The van der Waals surface area contributed by atoms with Gasteiger partial charge in [0.05, 0.1) is 12.3 Å². The maximum absolute atomic E-state index is 12.3. The molecule has 0 aromatic carbocycles. The number of hydrogen-bond acceptors (Lipinski definition) is 3. The second-order valence-corrected chi connectivity index (χ2v) is 6.29. The molecule has 118 valence electrons. The molecule has 1 aliphatic heterocycles. The lowest BCUT2D eigenvalue weighted by atomic mass is 9.92. The normalized spacial score (nSPS) is 18.0. The maximum atomic E-state index is 12.3. The van der Waals surface area contributed by atoms with Gasteiger partial charge in [0.1, 0.15) is 5.82 Å². The van der Waals surface area contributed by atoms with Crippen molar-refractivity contribution in [3.63, 3.8) is 0 Å². The van der Waals surface area contributed by atoms with Crippen molar-refractivity contribution in [3.05, 3.63) is 12.3 Å². The third-order valence-corrected chi connectivity index (χ3v) is 4.00. The molecule has 2 heterocycles. The number of carbonyl (C=O) groups is 1. The van der Waals surface area contributed by atoms with E-state index in [1.54, 1.807) is 6.20 Å². The first-order valence-electron chi connectivity index (χ1n) is 7.73. The molecule has 0 saturated carbocycles. The number of amides is 2. The summed E-state index contributed by atoms with van der Waals surface area (Å²) >= 11 is 0. The van der Waals surface area contributed by atoms with Crippen molar-refractivity contribution in [2.24, 2.45) is 11.8 Å². The summed E-state index contributed by atoms with van der Waals surface area (Å²) in [6.45, 7) is 8.24. The first-order valence-corrected chi connectivity index (χ1v) is 7.73. The average molecular weight is 294 g/mol. The van der Waals surface area contributed by atoms with Crippen LogP contribution in [0.15, 0.2) is 12.3 Å². The van der Waals surface area contributed by atoms with E-state index in [1.807, 2.05) is 22.6 Å². The summed E-state index contributed by atoms with van der Waals surface area (Å²) in [6.07, 6.45) is 3.13. The van der Waals surface area contributed by atoms with E-state index < -0.39 is 0 Å². The predicted molar refractivity (Wildman–Crippen MR) is 82.1 cm³/mol. The van der Waals surface area contributed by atoms with E-state index in [-0.39, 0.29) is 12.1 Å². The van der Waals surface area contributed by atoms with Crippen molar-refractivity contribution in [3.8, 4) is 0 Å². The van der Waals surface area contributed by atoms with Crippen LogP contribution in [-0.2, 0) is 6.54 Å². The molecule has 1 fully saturated rings. The van der Waals surface area contributed by atoms with Crippen LogP contribution in [0, 0.1) is 11.8 Å². The lowest BCUT2D eigenvalue weighted by Crippen LogP contribution is -2.43. The van der Waals surface area contributed by atoms with Crippen LogP contribution in [0.25, 0.3) is 0 Å². The third kappa shape index (κ3) is 4.20. The second-order valence-electron chi connectivity index (χ2n) is 6.29. The van der Waals surface area contributed by atoms with Gasteiger partial charge in [-0.05, 0) is 31.6 Å². The summed E-state index contributed by atoms with van der Waals surface area (Å²) in [5, 5.41) is 16.8. The maximum Gasteiger partial charge on any atom is 0.322 e.